The molecule has 31 heavy (non-hydrogen) atoms. The van der Waals surface area contributed by atoms with E-state index in [1.807, 2.05) is 4.90 Å². The number of para-hydroxylation sites is 1. The third kappa shape index (κ3) is 4.75. The monoisotopic (exact) mass is 415 g/mol. The maximum absolute atomic E-state index is 12.6. The predicted molar refractivity (Wildman–Crippen MR) is 114 cm³/mol. The second-order valence-electron chi connectivity index (χ2n) is 7.20. The molecule has 7 heteroatoms. The molecule has 1 aromatic heterocycles. The number of ether oxygens (including phenoxy) is 1. The van der Waals surface area contributed by atoms with Gasteiger partial charge in [-0.25, -0.2) is 0 Å². The van der Waals surface area contributed by atoms with Gasteiger partial charge in [-0.1, -0.05) is 18.2 Å². The van der Waals surface area contributed by atoms with Crippen molar-refractivity contribution in [2.24, 2.45) is 0 Å². The summed E-state index contributed by atoms with van der Waals surface area (Å²) in [6.45, 7) is 1.63. The Morgan fingerprint density at radius 1 is 1.06 bits per heavy atom. The first kappa shape index (κ1) is 20.2. The van der Waals surface area contributed by atoms with Crippen LogP contribution in [0.4, 0.5) is 5.69 Å². The molecule has 2 heterocycles. The normalized spacial score (nSPS) is 12.9. The number of carbonyl (C=O) groups excluding carboxylic acids is 2. The maximum atomic E-state index is 12.6. The number of likely N-dealkylation sites (tertiary alicyclic amines) is 1. The maximum Gasteiger partial charge on any atom is 0.291 e. The standard InChI is InChI=1S/C24H21N3O4/c25-15-18-6-1-2-9-21(18)30-16-20-10-11-22(31-20)23(28)26-19-8-5-7-17(14-19)24(29)27-12-3-4-13-27/h1-2,5-11,14H,3-4,12-13,16H2,(H,26,28). The van der Waals surface area contributed by atoms with Gasteiger partial charge in [-0.05, 0) is 55.3 Å². The number of nitrogens with zero attached hydrogens (tertiary/aromatic N) is 2. The molecule has 3 aromatic rings. The van der Waals surface area contributed by atoms with Gasteiger partial charge < -0.3 is 19.4 Å². The van der Waals surface area contributed by atoms with Crippen molar-refractivity contribution in [3.8, 4) is 11.8 Å². The van der Waals surface area contributed by atoms with E-state index in [1.165, 1.54) is 0 Å². The van der Waals surface area contributed by atoms with Gasteiger partial charge in [0.15, 0.2) is 5.76 Å². The van der Waals surface area contributed by atoms with Crippen LogP contribution in [0.5, 0.6) is 5.75 Å². The Morgan fingerprint density at radius 3 is 2.68 bits per heavy atom. The van der Waals surface area contributed by atoms with Gasteiger partial charge in [0.1, 0.15) is 24.2 Å². The average molecular weight is 415 g/mol. The molecule has 0 spiro atoms. The summed E-state index contributed by atoms with van der Waals surface area (Å²) in [5.41, 5.74) is 1.49. The third-order valence-corrected chi connectivity index (χ3v) is 5.02. The fraction of sp³-hybridized carbons (Fsp3) is 0.208. The summed E-state index contributed by atoms with van der Waals surface area (Å²) in [5, 5.41) is 11.9. The van der Waals surface area contributed by atoms with E-state index in [0.29, 0.717) is 28.3 Å². The molecule has 0 saturated carbocycles. The molecule has 1 N–H and O–H groups in total. The van der Waals surface area contributed by atoms with Crippen molar-refractivity contribution in [3.63, 3.8) is 0 Å². The van der Waals surface area contributed by atoms with Crippen molar-refractivity contribution in [1.29, 1.82) is 5.26 Å². The zero-order valence-electron chi connectivity index (χ0n) is 16.8. The number of carbonyl (C=O) groups is 2. The van der Waals surface area contributed by atoms with E-state index >= 15 is 0 Å². The van der Waals surface area contributed by atoms with Gasteiger partial charge in [0.25, 0.3) is 11.8 Å². The Morgan fingerprint density at radius 2 is 1.87 bits per heavy atom. The van der Waals surface area contributed by atoms with Gasteiger partial charge in [0.05, 0.1) is 5.56 Å². The first-order chi connectivity index (χ1) is 15.1. The molecular formula is C24H21N3O4. The molecule has 0 unspecified atom stereocenters. The molecule has 1 aliphatic heterocycles. The van der Waals surface area contributed by atoms with E-state index < -0.39 is 5.91 Å². The van der Waals surface area contributed by atoms with E-state index in [-0.39, 0.29) is 18.3 Å². The summed E-state index contributed by atoms with van der Waals surface area (Å²) in [6, 6.07) is 19.1. The number of furan rings is 1. The highest BCUT2D eigenvalue weighted by molar-refractivity contribution is 6.03. The molecule has 4 rings (SSSR count). The highest BCUT2D eigenvalue weighted by Crippen LogP contribution is 2.20. The molecule has 2 aromatic carbocycles. The number of nitrogens with one attached hydrogen (secondary N) is 1. The second kappa shape index (κ2) is 9.18. The van der Waals surface area contributed by atoms with Crippen LogP contribution in [-0.2, 0) is 6.61 Å². The van der Waals surface area contributed by atoms with Crippen LogP contribution in [0.3, 0.4) is 0 Å². The first-order valence-corrected chi connectivity index (χ1v) is 10.1. The average Bonchev–Trinajstić information content (AvgIpc) is 3.50. The van der Waals surface area contributed by atoms with E-state index in [4.69, 9.17) is 14.4 Å². The summed E-state index contributed by atoms with van der Waals surface area (Å²) >= 11 is 0. The molecule has 1 aliphatic rings. The van der Waals surface area contributed by atoms with Crippen LogP contribution in [0.15, 0.2) is 65.1 Å². The first-order valence-electron chi connectivity index (χ1n) is 10.1. The lowest BCUT2D eigenvalue weighted by atomic mass is 10.1. The molecule has 7 nitrogen and oxygen atoms in total. The minimum atomic E-state index is -0.422. The summed E-state index contributed by atoms with van der Waals surface area (Å²) in [7, 11) is 0. The van der Waals surface area contributed by atoms with E-state index in [2.05, 4.69) is 11.4 Å². The number of rotatable bonds is 6. The van der Waals surface area contributed by atoms with Crippen molar-refractivity contribution in [3.05, 3.63) is 83.3 Å². The number of nitriles is 1. The van der Waals surface area contributed by atoms with Crippen molar-refractivity contribution in [1.82, 2.24) is 4.90 Å². The Labute approximate surface area is 179 Å². The lowest BCUT2D eigenvalue weighted by Crippen LogP contribution is -2.27. The molecule has 0 radical (unpaired) electrons. The molecule has 1 saturated heterocycles. The van der Waals surface area contributed by atoms with Crippen LogP contribution >= 0.6 is 0 Å². The Kier molecular flexibility index (Phi) is 5.99. The fourth-order valence-electron chi connectivity index (χ4n) is 3.44. The van der Waals surface area contributed by atoms with Gasteiger partial charge in [-0.3, -0.25) is 9.59 Å². The Balaban J connectivity index is 1.38. The van der Waals surface area contributed by atoms with Crippen LogP contribution in [0.2, 0.25) is 0 Å². The minimum Gasteiger partial charge on any atom is -0.484 e. The topological polar surface area (TPSA) is 95.6 Å². The summed E-state index contributed by atoms with van der Waals surface area (Å²) in [4.78, 5) is 26.9. The number of amides is 2. The zero-order valence-corrected chi connectivity index (χ0v) is 16.8. The highest BCUT2D eigenvalue weighted by atomic mass is 16.5. The minimum absolute atomic E-state index is 0.0244. The fourth-order valence-corrected chi connectivity index (χ4v) is 3.44. The number of hydrogen-bond donors (Lipinski definition) is 1. The largest absolute Gasteiger partial charge is 0.484 e. The molecule has 156 valence electrons. The summed E-state index contributed by atoms with van der Waals surface area (Å²) < 4.78 is 11.2. The van der Waals surface area contributed by atoms with Gasteiger partial charge in [0, 0.05) is 24.3 Å². The van der Waals surface area contributed by atoms with Crippen LogP contribution < -0.4 is 10.1 Å². The summed E-state index contributed by atoms with van der Waals surface area (Å²) in [5.74, 6) is 0.587. The molecule has 0 atom stereocenters. The van der Waals surface area contributed by atoms with Crippen molar-refractivity contribution in [2.75, 3.05) is 18.4 Å². The van der Waals surface area contributed by atoms with Crippen molar-refractivity contribution >= 4 is 17.5 Å². The zero-order chi connectivity index (χ0) is 21.6. The van der Waals surface area contributed by atoms with E-state index in [0.717, 1.165) is 25.9 Å². The Bertz CT molecular complexity index is 1140. The predicted octanol–water partition coefficient (Wildman–Crippen LogP) is 4.22. The number of hydrogen-bond acceptors (Lipinski definition) is 5. The quantitative estimate of drug-likeness (QED) is 0.650. The SMILES string of the molecule is N#Cc1ccccc1OCc1ccc(C(=O)Nc2cccc(C(=O)N3CCCC3)c2)o1. The highest BCUT2D eigenvalue weighted by Gasteiger charge is 2.20. The van der Waals surface area contributed by atoms with Crippen LogP contribution in [-0.4, -0.2) is 29.8 Å². The lowest BCUT2D eigenvalue weighted by Gasteiger charge is -2.15. The van der Waals surface area contributed by atoms with Crippen molar-refractivity contribution < 1.29 is 18.7 Å². The molecule has 0 aliphatic carbocycles. The van der Waals surface area contributed by atoms with E-state index in [9.17, 15) is 9.59 Å². The molecule has 2 amide bonds. The van der Waals surface area contributed by atoms with Crippen LogP contribution in [0.25, 0.3) is 0 Å². The molecule has 0 bridgehead atoms. The van der Waals surface area contributed by atoms with Crippen LogP contribution in [0, 0.1) is 11.3 Å². The molecule has 1 fully saturated rings. The van der Waals surface area contributed by atoms with E-state index in [1.54, 1.807) is 60.7 Å². The van der Waals surface area contributed by atoms with Gasteiger partial charge in [0.2, 0.25) is 0 Å². The molecular weight excluding hydrogens is 394 g/mol. The number of benzene rings is 2. The van der Waals surface area contributed by atoms with Gasteiger partial charge in [-0.15, -0.1) is 0 Å². The lowest BCUT2D eigenvalue weighted by molar-refractivity contribution is 0.0792. The smallest absolute Gasteiger partial charge is 0.291 e. The third-order valence-electron chi connectivity index (χ3n) is 5.02. The van der Waals surface area contributed by atoms with Crippen LogP contribution in [0.1, 0.15) is 45.1 Å². The number of anilines is 1. The van der Waals surface area contributed by atoms with Crippen molar-refractivity contribution in [2.45, 2.75) is 19.4 Å². The van der Waals surface area contributed by atoms with Gasteiger partial charge in [-0.2, -0.15) is 5.26 Å². The summed E-state index contributed by atoms with van der Waals surface area (Å²) in [6.07, 6.45) is 2.05. The van der Waals surface area contributed by atoms with Gasteiger partial charge >= 0.3 is 0 Å². The second-order valence-corrected chi connectivity index (χ2v) is 7.20. The Hall–Kier alpha value is -4.05.